The molecule has 2 rings (SSSR count). The molecule has 22 heavy (non-hydrogen) atoms. The first-order chi connectivity index (χ1) is 10.5. The Morgan fingerprint density at radius 3 is 2.41 bits per heavy atom. The van der Waals surface area contributed by atoms with Crippen molar-refractivity contribution in [1.82, 2.24) is 0 Å². The molecule has 0 unspecified atom stereocenters. The molecule has 0 aromatic heterocycles. The third kappa shape index (κ3) is 4.09. The van der Waals surface area contributed by atoms with Crippen LogP contribution in [0.4, 0.5) is 13.2 Å². The van der Waals surface area contributed by atoms with E-state index in [4.69, 9.17) is 10.1 Å². The van der Waals surface area contributed by atoms with Gasteiger partial charge in [0.1, 0.15) is 6.61 Å². The number of alkyl halides is 3. The Labute approximate surface area is 125 Å². The summed E-state index contributed by atoms with van der Waals surface area (Å²) in [6, 6.07) is 13.7. The quantitative estimate of drug-likeness (QED) is 0.630. The summed E-state index contributed by atoms with van der Waals surface area (Å²) in [4.78, 5) is 4.98. The highest BCUT2D eigenvalue weighted by molar-refractivity contribution is 5.81. The first-order valence-corrected chi connectivity index (χ1v) is 6.31. The summed E-state index contributed by atoms with van der Waals surface area (Å²) >= 11 is 0. The van der Waals surface area contributed by atoms with Gasteiger partial charge in [0.25, 0.3) is 0 Å². The summed E-state index contributed by atoms with van der Waals surface area (Å²) in [5.41, 5.74) is 0.460. The van der Waals surface area contributed by atoms with Gasteiger partial charge < -0.3 is 4.84 Å². The van der Waals surface area contributed by atoms with Crippen molar-refractivity contribution in [2.24, 2.45) is 5.16 Å². The van der Waals surface area contributed by atoms with Gasteiger partial charge in [-0.05, 0) is 23.8 Å². The van der Waals surface area contributed by atoms with E-state index in [0.717, 1.165) is 17.8 Å². The molecular formula is C16H11F3N2O. The molecule has 0 aliphatic heterocycles. The first-order valence-electron chi connectivity index (χ1n) is 6.31. The lowest BCUT2D eigenvalue weighted by Gasteiger charge is -2.09. The lowest BCUT2D eigenvalue weighted by Crippen LogP contribution is -2.08. The fourth-order valence-corrected chi connectivity index (χ4v) is 1.75. The van der Waals surface area contributed by atoms with E-state index in [0.29, 0.717) is 5.56 Å². The average molecular weight is 304 g/mol. The van der Waals surface area contributed by atoms with E-state index in [9.17, 15) is 13.2 Å². The molecule has 2 aromatic carbocycles. The van der Waals surface area contributed by atoms with Gasteiger partial charge in [-0.1, -0.05) is 35.5 Å². The zero-order chi connectivity index (χ0) is 16.0. The van der Waals surface area contributed by atoms with Crippen LogP contribution in [0.25, 0.3) is 0 Å². The molecule has 0 saturated heterocycles. The lowest BCUT2D eigenvalue weighted by atomic mass is 10.1. The van der Waals surface area contributed by atoms with E-state index < -0.39 is 11.7 Å². The second-order valence-corrected chi connectivity index (χ2v) is 4.40. The molecule has 0 aliphatic rings. The van der Waals surface area contributed by atoms with Crippen molar-refractivity contribution < 1.29 is 18.0 Å². The molecule has 0 amide bonds. The van der Waals surface area contributed by atoms with Crippen LogP contribution < -0.4 is 0 Å². The molecule has 0 N–H and O–H groups in total. The number of oxime groups is 1. The van der Waals surface area contributed by atoms with Crippen molar-refractivity contribution >= 4 is 6.21 Å². The predicted octanol–water partition coefficient (Wildman–Crippen LogP) is 4.13. The Hall–Kier alpha value is -2.81. The van der Waals surface area contributed by atoms with Gasteiger partial charge in [-0.25, -0.2) is 0 Å². The molecule has 0 aliphatic carbocycles. The summed E-state index contributed by atoms with van der Waals surface area (Å²) in [6.45, 7) is 0.108. The van der Waals surface area contributed by atoms with E-state index in [1.165, 1.54) is 18.2 Å². The van der Waals surface area contributed by atoms with Crippen LogP contribution >= 0.6 is 0 Å². The molecule has 3 nitrogen and oxygen atoms in total. The molecular weight excluding hydrogens is 293 g/mol. The minimum Gasteiger partial charge on any atom is -0.391 e. The maximum Gasteiger partial charge on any atom is 0.417 e. The molecule has 6 heteroatoms. The molecule has 2 aromatic rings. The molecule has 0 spiro atoms. The monoisotopic (exact) mass is 304 g/mol. The molecule has 0 bridgehead atoms. The third-order valence-corrected chi connectivity index (χ3v) is 2.85. The minimum absolute atomic E-state index is 0.0603. The third-order valence-electron chi connectivity index (χ3n) is 2.85. The fourth-order valence-electron chi connectivity index (χ4n) is 1.75. The largest absolute Gasteiger partial charge is 0.417 e. The second-order valence-electron chi connectivity index (χ2n) is 4.40. The van der Waals surface area contributed by atoms with Crippen LogP contribution in [0.5, 0.6) is 0 Å². The number of nitrogens with zero attached hydrogens (tertiary/aromatic N) is 2. The van der Waals surface area contributed by atoms with Crippen molar-refractivity contribution in [3.8, 4) is 6.07 Å². The Balaban J connectivity index is 2.00. The Kier molecular flexibility index (Phi) is 4.79. The normalized spacial score (nSPS) is 11.4. The van der Waals surface area contributed by atoms with E-state index in [2.05, 4.69) is 5.16 Å². The van der Waals surface area contributed by atoms with Gasteiger partial charge >= 0.3 is 6.18 Å². The van der Waals surface area contributed by atoms with Gasteiger partial charge in [0.15, 0.2) is 0 Å². The fraction of sp³-hybridized carbons (Fsp3) is 0.125. The second kappa shape index (κ2) is 6.76. The Bertz CT molecular complexity index is 701. The number of benzene rings is 2. The van der Waals surface area contributed by atoms with E-state index in [-0.39, 0.29) is 12.2 Å². The number of rotatable bonds is 4. The first kappa shape index (κ1) is 15.6. The van der Waals surface area contributed by atoms with Crippen LogP contribution in [0.1, 0.15) is 22.3 Å². The molecule has 0 heterocycles. The number of halogens is 3. The van der Waals surface area contributed by atoms with Crippen molar-refractivity contribution in [2.75, 3.05) is 0 Å². The Morgan fingerprint density at radius 2 is 1.77 bits per heavy atom. The SMILES string of the molecule is N#Cc1ccc(CON=Cc2ccccc2C(F)(F)F)cc1. The van der Waals surface area contributed by atoms with Crippen LogP contribution in [0.3, 0.4) is 0 Å². The van der Waals surface area contributed by atoms with Crippen LogP contribution in [-0.4, -0.2) is 6.21 Å². The highest BCUT2D eigenvalue weighted by atomic mass is 19.4. The average Bonchev–Trinajstić information content (AvgIpc) is 2.51. The van der Waals surface area contributed by atoms with Crippen LogP contribution in [0, 0.1) is 11.3 Å². The van der Waals surface area contributed by atoms with Crippen LogP contribution in [0.2, 0.25) is 0 Å². The number of hydrogen-bond acceptors (Lipinski definition) is 3. The maximum absolute atomic E-state index is 12.8. The summed E-state index contributed by atoms with van der Waals surface area (Å²) in [5, 5.41) is 12.2. The summed E-state index contributed by atoms with van der Waals surface area (Å²) in [7, 11) is 0. The molecule has 112 valence electrons. The molecule has 0 saturated carbocycles. The smallest absolute Gasteiger partial charge is 0.391 e. The van der Waals surface area contributed by atoms with Crippen LogP contribution in [0.15, 0.2) is 53.7 Å². The van der Waals surface area contributed by atoms with Crippen molar-refractivity contribution in [3.05, 3.63) is 70.8 Å². The van der Waals surface area contributed by atoms with Gasteiger partial charge in [0.05, 0.1) is 23.4 Å². The standard InChI is InChI=1S/C16H11F3N2O/c17-16(18,19)15-4-2-1-3-14(15)10-21-22-11-13-7-5-12(9-20)6-8-13/h1-8,10H,11H2. The zero-order valence-electron chi connectivity index (χ0n) is 11.3. The maximum atomic E-state index is 12.8. The molecule has 0 atom stereocenters. The minimum atomic E-state index is -4.43. The molecule has 0 fully saturated rings. The van der Waals surface area contributed by atoms with Crippen molar-refractivity contribution in [1.29, 1.82) is 5.26 Å². The lowest BCUT2D eigenvalue weighted by molar-refractivity contribution is -0.137. The zero-order valence-corrected chi connectivity index (χ0v) is 11.3. The highest BCUT2D eigenvalue weighted by Gasteiger charge is 2.32. The van der Waals surface area contributed by atoms with Gasteiger partial charge in [-0.3, -0.25) is 0 Å². The summed E-state index contributed by atoms with van der Waals surface area (Å²) in [6.07, 6.45) is -3.40. The Morgan fingerprint density at radius 1 is 1.09 bits per heavy atom. The van der Waals surface area contributed by atoms with Crippen molar-refractivity contribution in [2.45, 2.75) is 12.8 Å². The van der Waals surface area contributed by atoms with Gasteiger partial charge in [-0.15, -0.1) is 0 Å². The van der Waals surface area contributed by atoms with Gasteiger partial charge in [0.2, 0.25) is 0 Å². The van der Waals surface area contributed by atoms with Crippen LogP contribution in [-0.2, 0) is 17.6 Å². The summed E-state index contributed by atoms with van der Waals surface area (Å²) < 4.78 is 38.3. The van der Waals surface area contributed by atoms with Gasteiger partial charge in [-0.2, -0.15) is 18.4 Å². The predicted molar refractivity (Wildman–Crippen MR) is 75.0 cm³/mol. The van der Waals surface area contributed by atoms with E-state index in [1.807, 2.05) is 6.07 Å². The van der Waals surface area contributed by atoms with Crippen molar-refractivity contribution in [3.63, 3.8) is 0 Å². The summed E-state index contributed by atoms with van der Waals surface area (Å²) in [5.74, 6) is 0. The van der Waals surface area contributed by atoms with Gasteiger partial charge in [0, 0.05) is 5.56 Å². The number of nitriles is 1. The highest BCUT2D eigenvalue weighted by Crippen LogP contribution is 2.31. The topological polar surface area (TPSA) is 45.4 Å². The van der Waals surface area contributed by atoms with E-state index in [1.54, 1.807) is 24.3 Å². The number of hydrogen-bond donors (Lipinski definition) is 0. The molecule has 0 radical (unpaired) electrons. The van der Waals surface area contributed by atoms with E-state index >= 15 is 0 Å².